The minimum absolute atomic E-state index is 0.0562. The van der Waals surface area contributed by atoms with E-state index in [0.717, 1.165) is 0 Å². The van der Waals surface area contributed by atoms with E-state index in [1.807, 2.05) is 13.8 Å². The van der Waals surface area contributed by atoms with Crippen molar-refractivity contribution in [2.75, 3.05) is 0 Å². The number of hydrogen-bond donors (Lipinski definition) is 4. The summed E-state index contributed by atoms with van der Waals surface area (Å²) in [5.74, 6) is 0.0562. The first-order valence-electron chi connectivity index (χ1n) is 3.70. The molecule has 1 aromatic heterocycles. The molecule has 0 unspecified atom stereocenters. The van der Waals surface area contributed by atoms with Gasteiger partial charge in [-0.1, -0.05) is 13.8 Å². The van der Waals surface area contributed by atoms with Gasteiger partial charge in [-0.2, -0.15) is 0 Å². The van der Waals surface area contributed by atoms with Gasteiger partial charge in [0, 0.05) is 5.69 Å². The Labute approximate surface area is 69.1 Å². The van der Waals surface area contributed by atoms with Crippen molar-refractivity contribution in [1.29, 1.82) is 0 Å². The molecule has 5 heteroatoms. The molecule has 0 aliphatic heterocycles. The Bertz CT molecular complexity index is 282. The molecule has 68 valence electrons. The number of hydrogen-bond acceptors (Lipinski definition) is 3. The van der Waals surface area contributed by atoms with Crippen LogP contribution in [0.2, 0.25) is 0 Å². The van der Waals surface area contributed by atoms with Crippen LogP contribution in [-0.2, 0) is 0 Å². The van der Waals surface area contributed by atoms with E-state index in [1.54, 1.807) is 0 Å². The smallest absolute Gasteiger partial charge is 0.323 e. The number of imidazole rings is 1. The molecule has 0 spiro atoms. The maximum Gasteiger partial charge on any atom is 0.323 e. The third-order valence-electron chi connectivity index (χ3n) is 1.62. The van der Waals surface area contributed by atoms with E-state index in [9.17, 15) is 4.79 Å². The molecule has 5 nitrogen and oxygen atoms in total. The summed E-state index contributed by atoms with van der Waals surface area (Å²) in [4.78, 5) is 15.6. The summed E-state index contributed by atoms with van der Waals surface area (Å²) in [6.45, 7) is 3.70. The number of aromatic nitrogens is 2. The number of aromatic amines is 2. The number of rotatable bonds is 2. The summed E-state index contributed by atoms with van der Waals surface area (Å²) in [6.07, 6.45) is -1.62. The van der Waals surface area contributed by atoms with Gasteiger partial charge < -0.3 is 20.2 Å². The van der Waals surface area contributed by atoms with Crippen LogP contribution in [0.15, 0.2) is 4.79 Å². The lowest BCUT2D eigenvalue weighted by molar-refractivity contribution is -0.0464. The Morgan fingerprint density at radius 2 is 1.67 bits per heavy atom. The monoisotopic (exact) mass is 172 g/mol. The van der Waals surface area contributed by atoms with Gasteiger partial charge in [0.1, 0.15) is 0 Å². The van der Waals surface area contributed by atoms with Gasteiger partial charge >= 0.3 is 5.69 Å². The normalized spacial score (nSPS) is 11.5. The molecule has 4 N–H and O–H groups in total. The van der Waals surface area contributed by atoms with Crippen molar-refractivity contribution in [2.45, 2.75) is 26.1 Å². The molecule has 0 aromatic carbocycles. The first-order chi connectivity index (χ1) is 5.52. The highest BCUT2D eigenvalue weighted by Crippen LogP contribution is 2.17. The summed E-state index contributed by atoms with van der Waals surface area (Å²) in [5, 5.41) is 17.7. The topological polar surface area (TPSA) is 89.1 Å². The van der Waals surface area contributed by atoms with Gasteiger partial charge in [0.25, 0.3) is 0 Å². The van der Waals surface area contributed by atoms with Crippen LogP contribution in [0.25, 0.3) is 0 Å². The minimum atomic E-state index is -1.62. The third-order valence-corrected chi connectivity index (χ3v) is 1.62. The largest absolute Gasteiger partial charge is 0.363 e. The van der Waals surface area contributed by atoms with Gasteiger partial charge in [-0.3, -0.25) is 0 Å². The summed E-state index contributed by atoms with van der Waals surface area (Å²) in [5.41, 5.74) is 0.270. The van der Waals surface area contributed by atoms with Crippen molar-refractivity contribution in [3.8, 4) is 0 Å². The number of aliphatic hydroxyl groups is 2. The van der Waals surface area contributed by atoms with Crippen molar-refractivity contribution >= 4 is 0 Å². The predicted octanol–water partition coefficient (Wildman–Crippen LogP) is -0.190. The summed E-state index contributed by atoms with van der Waals surface area (Å²) >= 11 is 0. The lowest BCUT2D eigenvalue weighted by Gasteiger charge is -2.06. The number of nitrogens with one attached hydrogen (secondary N) is 2. The van der Waals surface area contributed by atoms with Crippen LogP contribution < -0.4 is 5.69 Å². The second-order valence-electron chi connectivity index (χ2n) is 2.93. The fraction of sp³-hybridized carbons (Fsp3) is 0.571. The first kappa shape index (κ1) is 9.02. The number of aliphatic hydroxyl groups excluding tert-OH is 1. The average Bonchev–Trinajstić information content (AvgIpc) is 2.31. The Balaban J connectivity index is 3.17. The van der Waals surface area contributed by atoms with E-state index in [-0.39, 0.29) is 11.6 Å². The zero-order valence-electron chi connectivity index (χ0n) is 6.96. The third kappa shape index (κ3) is 1.57. The van der Waals surface area contributed by atoms with Gasteiger partial charge in [0.05, 0.1) is 5.69 Å². The minimum Gasteiger partial charge on any atom is -0.363 e. The molecule has 1 heterocycles. The standard InChI is InChI=1S/C7H12N2O3/c1-3(2)4-5(6(10)11)9-7(12)8-4/h3,6,10-11H,1-2H3,(H2,8,9,12). The van der Waals surface area contributed by atoms with Crippen molar-refractivity contribution in [1.82, 2.24) is 9.97 Å². The van der Waals surface area contributed by atoms with Crippen LogP contribution >= 0.6 is 0 Å². The van der Waals surface area contributed by atoms with E-state index in [0.29, 0.717) is 5.69 Å². The quantitative estimate of drug-likeness (QED) is 0.466. The molecule has 0 amide bonds. The fourth-order valence-corrected chi connectivity index (χ4v) is 1.07. The van der Waals surface area contributed by atoms with Gasteiger partial charge in [0.2, 0.25) is 0 Å². The molecule has 0 aliphatic rings. The highest BCUT2D eigenvalue weighted by Gasteiger charge is 2.15. The molecule has 0 saturated carbocycles. The lowest BCUT2D eigenvalue weighted by atomic mass is 10.1. The van der Waals surface area contributed by atoms with Crippen LogP contribution in [0, 0.1) is 0 Å². The van der Waals surface area contributed by atoms with Crippen LogP contribution in [0.4, 0.5) is 0 Å². The maximum absolute atomic E-state index is 10.8. The molecule has 0 atom stereocenters. The molecule has 0 bridgehead atoms. The van der Waals surface area contributed by atoms with Crippen LogP contribution in [-0.4, -0.2) is 20.2 Å². The first-order valence-corrected chi connectivity index (χ1v) is 3.70. The predicted molar refractivity (Wildman–Crippen MR) is 42.7 cm³/mol. The van der Waals surface area contributed by atoms with E-state index in [2.05, 4.69) is 9.97 Å². The van der Waals surface area contributed by atoms with E-state index < -0.39 is 12.0 Å². The van der Waals surface area contributed by atoms with Crippen molar-refractivity contribution < 1.29 is 10.2 Å². The van der Waals surface area contributed by atoms with Gasteiger partial charge in [-0.15, -0.1) is 0 Å². The highest BCUT2D eigenvalue weighted by atomic mass is 16.5. The molecule has 1 rings (SSSR count). The Kier molecular flexibility index (Phi) is 2.35. The number of H-pyrrole nitrogens is 2. The summed E-state index contributed by atoms with van der Waals surface area (Å²) < 4.78 is 0. The van der Waals surface area contributed by atoms with Gasteiger partial charge in [-0.25, -0.2) is 4.79 Å². The molecule has 0 radical (unpaired) electrons. The lowest BCUT2D eigenvalue weighted by Crippen LogP contribution is -2.03. The van der Waals surface area contributed by atoms with E-state index in [1.165, 1.54) is 0 Å². The van der Waals surface area contributed by atoms with Gasteiger partial charge in [-0.05, 0) is 5.92 Å². The van der Waals surface area contributed by atoms with Crippen molar-refractivity contribution in [3.05, 3.63) is 21.9 Å². The molecule has 0 aliphatic carbocycles. The van der Waals surface area contributed by atoms with Crippen molar-refractivity contribution in [2.24, 2.45) is 0 Å². The van der Waals surface area contributed by atoms with Crippen LogP contribution in [0.3, 0.4) is 0 Å². The fourth-order valence-electron chi connectivity index (χ4n) is 1.07. The molecule has 0 saturated heterocycles. The highest BCUT2D eigenvalue weighted by molar-refractivity contribution is 5.15. The Morgan fingerprint density at radius 1 is 1.17 bits per heavy atom. The summed E-state index contributed by atoms with van der Waals surface area (Å²) in [7, 11) is 0. The van der Waals surface area contributed by atoms with Crippen LogP contribution in [0.5, 0.6) is 0 Å². The molecular weight excluding hydrogens is 160 g/mol. The van der Waals surface area contributed by atoms with Crippen molar-refractivity contribution in [3.63, 3.8) is 0 Å². The van der Waals surface area contributed by atoms with E-state index >= 15 is 0 Å². The summed E-state index contributed by atoms with van der Waals surface area (Å²) in [6, 6.07) is 0. The van der Waals surface area contributed by atoms with Gasteiger partial charge in [0.15, 0.2) is 6.29 Å². The Morgan fingerprint density at radius 3 is 2.00 bits per heavy atom. The second-order valence-corrected chi connectivity index (χ2v) is 2.93. The average molecular weight is 172 g/mol. The maximum atomic E-state index is 10.8. The van der Waals surface area contributed by atoms with Crippen LogP contribution in [0.1, 0.15) is 37.4 Å². The van der Waals surface area contributed by atoms with E-state index in [4.69, 9.17) is 10.2 Å². The Hall–Kier alpha value is -1.07. The molecule has 0 fully saturated rings. The molecular formula is C7H12N2O3. The second kappa shape index (κ2) is 3.12. The molecule has 12 heavy (non-hydrogen) atoms. The zero-order chi connectivity index (χ0) is 9.30. The SMILES string of the molecule is CC(C)c1[nH]c(=O)[nH]c1C(O)O. The zero-order valence-corrected chi connectivity index (χ0v) is 6.96. The molecule has 1 aromatic rings.